The lowest BCUT2D eigenvalue weighted by molar-refractivity contribution is -0.138. The maximum absolute atomic E-state index is 12.5. The summed E-state index contributed by atoms with van der Waals surface area (Å²) in [7, 11) is 0. The van der Waals surface area contributed by atoms with Crippen LogP contribution >= 0.6 is 23.5 Å². The van der Waals surface area contributed by atoms with Crippen LogP contribution in [0.15, 0.2) is 58.8 Å². The monoisotopic (exact) mass is 480 g/mol. The van der Waals surface area contributed by atoms with Crippen LogP contribution in [-0.4, -0.2) is 24.1 Å². The number of thioether (sulfide) groups is 2. The molecule has 0 aromatic heterocycles. The van der Waals surface area contributed by atoms with Crippen molar-refractivity contribution in [3.05, 3.63) is 81.1 Å². The van der Waals surface area contributed by atoms with Gasteiger partial charge in [-0.3, -0.25) is 9.59 Å². The molecule has 0 spiro atoms. The van der Waals surface area contributed by atoms with E-state index in [0.717, 1.165) is 28.5 Å². The van der Waals surface area contributed by atoms with Crippen LogP contribution in [0.2, 0.25) is 0 Å². The zero-order valence-electron chi connectivity index (χ0n) is 16.6. The van der Waals surface area contributed by atoms with Gasteiger partial charge in [0.2, 0.25) is 0 Å². The van der Waals surface area contributed by atoms with Crippen LogP contribution in [-0.2, 0) is 12.4 Å². The Labute approximate surface area is 184 Å². The quantitative estimate of drug-likeness (QED) is 0.254. The average molecular weight is 480 g/mol. The first kappa shape index (κ1) is 26.8. The van der Waals surface area contributed by atoms with Gasteiger partial charge in [0.15, 0.2) is 11.6 Å². The third-order valence-electron chi connectivity index (χ3n) is 3.72. The number of rotatable bonds is 5. The molecule has 0 aliphatic rings. The Kier molecular flexibility index (Phi) is 9.89. The molecule has 0 saturated heterocycles. The van der Waals surface area contributed by atoms with E-state index in [1.165, 1.54) is 60.8 Å². The Morgan fingerprint density at radius 3 is 1.58 bits per heavy atom. The molecule has 0 amide bonds. The van der Waals surface area contributed by atoms with E-state index in [1.807, 2.05) is 12.5 Å². The molecule has 0 unspecified atom stereocenters. The highest BCUT2D eigenvalue weighted by molar-refractivity contribution is 8.21. The highest BCUT2D eigenvalue weighted by Crippen LogP contribution is 2.31. The van der Waals surface area contributed by atoms with Crippen LogP contribution in [0, 0.1) is 0 Å². The van der Waals surface area contributed by atoms with E-state index < -0.39 is 29.3 Å². The summed E-state index contributed by atoms with van der Waals surface area (Å²) in [5.74, 6) is -0.786. The standard InChI is InChI=1S/C12H11F3OS2.C9H7F3O/c1-17-11(18-2)7-10(16)8-4-3-5-9(6-8)12(13,14)15;1-6(13)7-3-2-4-8(5-7)9(10,11)12/h3-7H,1-2H3;2-5H,1H3. The highest BCUT2D eigenvalue weighted by Gasteiger charge is 2.31. The normalized spacial score (nSPS) is 11.3. The van der Waals surface area contributed by atoms with Gasteiger partial charge in [0.25, 0.3) is 0 Å². The third-order valence-corrected chi connectivity index (χ3v) is 5.76. The highest BCUT2D eigenvalue weighted by atomic mass is 32.2. The summed E-state index contributed by atoms with van der Waals surface area (Å²) in [6.45, 7) is 1.23. The van der Waals surface area contributed by atoms with Gasteiger partial charge in [-0.15, -0.1) is 23.5 Å². The second-order valence-electron chi connectivity index (χ2n) is 5.95. The molecule has 0 N–H and O–H groups in total. The van der Waals surface area contributed by atoms with Crippen molar-refractivity contribution in [3.8, 4) is 0 Å². The van der Waals surface area contributed by atoms with Crippen LogP contribution in [0.25, 0.3) is 0 Å². The molecule has 0 fully saturated rings. The number of hydrogen-bond acceptors (Lipinski definition) is 4. The Bertz CT molecular complexity index is 943. The predicted molar refractivity (Wildman–Crippen MR) is 112 cm³/mol. The van der Waals surface area contributed by atoms with Crippen LogP contribution < -0.4 is 0 Å². The minimum absolute atomic E-state index is 0.0467. The summed E-state index contributed by atoms with van der Waals surface area (Å²) < 4.78 is 74.6. The Morgan fingerprint density at radius 2 is 1.19 bits per heavy atom. The smallest absolute Gasteiger partial charge is 0.295 e. The van der Waals surface area contributed by atoms with Gasteiger partial charge in [0.1, 0.15) is 0 Å². The predicted octanol–water partition coefficient (Wildman–Crippen LogP) is 7.36. The van der Waals surface area contributed by atoms with Gasteiger partial charge in [0.05, 0.1) is 11.1 Å². The molecule has 0 aliphatic carbocycles. The van der Waals surface area contributed by atoms with Gasteiger partial charge >= 0.3 is 12.4 Å². The number of allylic oxidation sites excluding steroid dienone is 1. The van der Waals surface area contributed by atoms with E-state index in [2.05, 4.69) is 0 Å². The first-order valence-electron chi connectivity index (χ1n) is 8.49. The average Bonchev–Trinajstić information content (AvgIpc) is 2.71. The van der Waals surface area contributed by atoms with Crippen molar-refractivity contribution in [3.63, 3.8) is 0 Å². The van der Waals surface area contributed by atoms with E-state index in [1.54, 1.807) is 0 Å². The van der Waals surface area contributed by atoms with Crippen molar-refractivity contribution in [1.82, 2.24) is 0 Å². The zero-order valence-corrected chi connectivity index (χ0v) is 18.2. The van der Waals surface area contributed by atoms with E-state index in [4.69, 9.17) is 0 Å². The molecule has 0 aliphatic heterocycles. The first-order chi connectivity index (χ1) is 14.3. The van der Waals surface area contributed by atoms with Crippen molar-refractivity contribution >= 4 is 35.1 Å². The van der Waals surface area contributed by atoms with Crippen molar-refractivity contribution in [2.75, 3.05) is 12.5 Å². The largest absolute Gasteiger partial charge is 0.416 e. The lowest BCUT2D eigenvalue weighted by atomic mass is 10.1. The molecule has 2 aromatic carbocycles. The number of benzene rings is 2. The minimum atomic E-state index is -4.43. The summed E-state index contributed by atoms with van der Waals surface area (Å²) in [5, 5.41) is 0. The lowest BCUT2D eigenvalue weighted by Crippen LogP contribution is -2.06. The van der Waals surface area contributed by atoms with Gasteiger partial charge in [-0.2, -0.15) is 26.3 Å². The Hall–Kier alpha value is -2.20. The summed E-state index contributed by atoms with van der Waals surface area (Å²) in [6.07, 6.45) is -3.85. The lowest BCUT2D eigenvalue weighted by Gasteiger charge is -2.07. The summed E-state index contributed by atoms with van der Waals surface area (Å²) in [6, 6.07) is 8.81. The Balaban J connectivity index is 0.000000327. The molecule has 10 heteroatoms. The number of carbonyl (C=O) groups is 2. The van der Waals surface area contributed by atoms with E-state index >= 15 is 0 Å². The molecule has 168 valence electrons. The van der Waals surface area contributed by atoms with E-state index in [-0.39, 0.29) is 16.9 Å². The number of hydrogen-bond donors (Lipinski definition) is 0. The van der Waals surface area contributed by atoms with Crippen LogP contribution in [0.4, 0.5) is 26.3 Å². The molecule has 0 bridgehead atoms. The molecule has 2 nitrogen and oxygen atoms in total. The number of alkyl halides is 6. The topological polar surface area (TPSA) is 34.1 Å². The van der Waals surface area contributed by atoms with Gasteiger partial charge in [-0.05, 0) is 43.7 Å². The summed E-state index contributed by atoms with van der Waals surface area (Å²) in [4.78, 5) is 22.5. The Morgan fingerprint density at radius 1 is 0.774 bits per heavy atom. The van der Waals surface area contributed by atoms with Crippen LogP contribution in [0.1, 0.15) is 38.8 Å². The number of carbonyl (C=O) groups excluding carboxylic acids is 2. The molecule has 31 heavy (non-hydrogen) atoms. The first-order valence-corrected chi connectivity index (χ1v) is 10.9. The number of Topliss-reactive ketones (excluding diaryl/α,β-unsaturated/α-hetero) is 1. The molecule has 2 aromatic rings. The molecule has 0 radical (unpaired) electrons. The van der Waals surface area contributed by atoms with Crippen LogP contribution in [0.3, 0.4) is 0 Å². The SMILES string of the molecule is CC(=O)c1cccc(C(F)(F)F)c1.CSC(=CC(=O)c1cccc(C(F)(F)F)c1)SC. The fourth-order valence-electron chi connectivity index (χ4n) is 2.15. The van der Waals surface area contributed by atoms with Crippen molar-refractivity contribution in [1.29, 1.82) is 0 Å². The second-order valence-corrected chi connectivity index (χ2v) is 7.90. The van der Waals surface area contributed by atoms with Gasteiger partial charge in [-0.25, -0.2) is 0 Å². The van der Waals surface area contributed by atoms with E-state index in [0.29, 0.717) is 0 Å². The molecule has 0 saturated carbocycles. The molecule has 0 atom stereocenters. The molecular weight excluding hydrogens is 462 g/mol. The van der Waals surface area contributed by atoms with Crippen molar-refractivity contribution < 1.29 is 35.9 Å². The second kappa shape index (κ2) is 11.4. The fourth-order valence-corrected chi connectivity index (χ4v) is 3.27. The minimum Gasteiger partial charge on any atom is -0.295 e. The van der Waals surface area contributed by atoms with E-state index in [9.17, 15) is 35.9 Å². The van der Waals surface area contributed by atoms with Gasteiger partial charge in [-0.1, -0.05) is 24.3 Å². The summed E-state index contributed by atoms with van der Waals surface area (Å²) in [5.41, 5.74) is -1.47. The molecular formula is C21H18F6O2S2. The van der Waals surface area contributed by atoms with Gasteiger partial charge in [0, 0.05) is 21.4 Å². The number of halogens is 6. The number of ketones is 2. The fraction of sp³-hybridized carbons (Fsp3) is 0.238. The van der Waals surface area contributed by atoms with Gasteiger partial charge < -0.3 is 0 Å². The van der Waals surface area contributed by atoms with Crippen LogP contribution in [0.5, 0.6) is 0 Å². The molecule has 0 heterocycles. The maximum atomic E-state index is 12.5. The molecule has 2 rings (SSSR count). The maximum Gasteiger partial charge on any atom is 0.416 e. The summed E-state index contributed by atoms with van der Waals surface area (Å²) >= 11 is 2.77. The zero-order chi connectivity index (χ0) is 23.8. The van der Waals surface area contributed by atoms with Crippen molar-refractivity contribution in [2.24, 2.45) is 0 Å². The van der Waals surface area contributed by atoms with Crippen molar-refractivity contribution in [2.45, 2.75) is 19.3 Å². The third kappa shape index (κ3) is 8.82.